The molecule has 144 valence electrons. The molecule has 0 aliphatic carbocycles. The summed E-state index contributed by atoms with van der Waals surface area (Å²) in [4.78, 5) is 22.4. The SMILES string of the molecule is CN(C)c1ccc(C(F)(F)F)cc1NC(=O)c1cnc(-c2ccccc2)nc1. The molecular formula is C20H17F3N4O. The third-order valence-corrected chi connectivity index (χ3v) is 4.00. The summed E-state index contributed by atoms with van der Waals surface area (Å²) in [6.45, 7) is 0. The Hall–Kier alpha value is -3.42. The Balaban J connectivity index is 1.86. The Kier molecular flexibility index (Phi) is 5.30. The van der Waals surface area contributed by atoms with Crippen molar-refractivity contribution in [3.63, 3.8) is 0 Å². The number of anilines is 2. The summed E-state index contributed by atoms with van der Waals surface area (Å²) >= 11 is 0. The lowest BCUT2D eigenvalue weighted by Gasteiger charge is -2.19. The lowest BCUT2D eigenvalue weighted by atomic mass is 10.1. The molecule has 3 aromatic rings. The predicted molar refractivity (Wildman–Crippen MR) is 101 cm³/mol. The largest absolute Gasteiger partial charge is 0.416 e. The maximum atomic E-state index is 13.0. The number of benzene rings is 2. The summed E-state index contributed by atoms with van der Waals surface area (Å²) in [6, 6.07) is 12.4. The second-order valence-electron chi connectivity index (χ2n) is 6.24. The maximum absolute atomic E-state index is 13.0. The number of hydrogen-bond donors (Lipinski definition) is 1. The number of hydrogen-bond acceptors (Lipinski definition) is 4. The van der Waals surface area contributed by atoms with Crippen LogP contribution < -0.4 is 10.2 Å². The topological polar surface area (TPSA) is 58.1 Å². The van der Waals surface area contributed by atoms with Gasteiger partial charge in [0, 0.05) is 32.1 Å². The zero-order valence-corrected chi connectivity index (χ0v) is 15.2. The third-order valence-electron chi connectivity index (χ3n) is 4.00. The Labute approximate surface area is 159 Å². The zero-order valence-electron chi connectivity index (χ0n) is 15.2. The molecule has 0 aliphatic heterocycles. The van der Waals surface area contributed by atoms with Crippen molar-refractivity contribution < 1.29 is 18.0 Å². The van der Waals surface area contributed by atoms with Gasteiger partial charge in [0.1, 0.15) is 0 Å². The number of alkyl halides is 3. The van der Waals surface area contributed by atoms with Gasteiger partial charge >= 0.3 is 6.18 Å². The number of carbonyl (C=O) groups is 1. The Bertz CT molecular complexity index is 971. The van der Waals surface area contributed by atoms with Gasteiger partial charge in [-0.15, -0.1) is 0 Å². The van der Waals surface area contributed by atoms with Crippen molar-refractivity contribution in [2.24, 2.45) is 0 Å². The van der Waals surface area contributed by atoms with Gasteiger partial charge in [-0.3, -0.25) is 4.79 Å². The highest BCUT2D eigenvalue weighted by Gasteiger charge is 2.31. The normalized spacial score (nSPS) is 11.2. The fourth-order valence-electron chi connectivity index (χ4n) is 2.58. The molecular weight excluding hydrogens is 369 g/mol. The van der Waals surface area contributed by atoms with Gasteiger partial charge in [0.15, 0.2) is 5.82 Å². The van der Waals surface area contributed by atoms with Gasteiger partial charge in [-0.2, -0.15) is 13.2 Å². The third kappa shape index (κ3) is 4.28. The van der Waals surface area contributed by atoms with Gasteiger partial charge in [-0.05, 0) is 18.2 Å². The summed E-state index contributed by atoms with van der Waals surface area (Å²) in [5.41, 5.74) is 0.591. The van der Waals surface area contributed by atoms with E-state index in [4.69, 9.17) is 0 Å². The van der Waals surface area contributed by atoms with E-state index in [1.807, 2.05) is 30.3 Å². The highest BCUT2D eigenvalue weighted by atomic mass is 19.4. The number of rotatable bonds is 4. The molecule has 0 saturated heterocycles. The van der Waals surface area contributed by atoms with Crippen LogP contribution in [0.1, 0.15) is 15.9 Å². The van der Waals surface area contributed by atoms with E-state index in [1.54, 1.807) is 19.0 Å². The van der Waals surface area contributed by atoms with Crippen LogP contribution in [0.2, 0.25) is 0 Å². The van der Waals surface area contributed by atoms with Gasteiger partial charge in [0.25, 0.3) is 5.91 Å². The molecule has 0 fully saturated rings. The summed E-state index contributed by atoms with van der Waals surface area (Å²) in [7, 11) is 3.35. The first-order chi connectivity index (χ1) is 13.3. The monoisotopic (exact) mass is 386 g/mol. The van der Waals surface area contributed by atoms with E-state index in [0.29, 0.717) is 11.5 Å². The van der Waals surface area contributed by atoms with Crippen molar-refractivity contribution in [3.05, 3.63) is 72.1 Å². The Morgan fingerprint density at radius 3 is 2.21 bits per heavy atom. The summed E-state index contributed by atoms with van der Waals surface area (Å²) in [5, 5.41) is 2.52. The van der Waals surface area contributed by atoms with Crippen molar-refractivity contribution in [2.75, 3.05) is 24.3 Å². The van der Waals surface area contributed by atoms with Crippen LogP contribution in [0.15, 0.2) is 60.9 Å². The standard InChI is InChI=1S/C20H17F3N4O/c1-27(2)17-9-8-15(20(21,22)23)10-16(17)26-19(28)14-11-24-18(25-12-14)13-6-4-3-5-7-13/h3-12H,1-2H3,(H,26,28). The quantitative estimate of drug-likeness (QED) is 0.718. The molecule has 8 heteroatoms. The average Bonchev–Trinajstić information content (AvgIpc) is 2.68. The van der Waals surface area contributed by atoms with E-state index in [9.17, 15) is 18.0 Å². The van der Waals surface area contributed by atoms with Gasteiger partial charge in [-0.25, -0.2) is 9.97 Å². The van der Waals surface area contributed by atoms with Gasteiger partial charge < -0.3 is 10.2 Å². The number of halogens is 3. The molecule has 1 aromatic heterocycles. The molecule has 1 N–H and O–H groups in total. The van der Waals surface area contributed by atoms with E-state index in [0.717, 1.165) is 17.7 Å². The molecule has 5 nitrogen and oxygen atoms in total. The van der Waals surface area contributed by atoms with Crippen LogP contribution in [-0.4, -0.2) is 30.0 Å². The Morgan fingerprint density at radius 1 is 1.00 bits per heavy atom. The molecule has 0 unspecified atom stereocenters. The Morgan fingerprint density at radius 2 is 1.64 bits per heavy atom. The molecule has 0 saturated carbocycles. The highest BCUT2D eigenvalue weighted by molar-refractivity contribution is 6.05. The first-order valence-electron chi connectivity index (χ1n) is 8.33. The van der Waals surface area contributed by atoms with Crippen molar-refractivity contribution >= 4 is 17.3 Å². The van der Waals surface area contributed by atoms with Gasteiger partial charge in [0.2, 0.25) is 0 Å². The smallest absolute Gasteiger partial charge is 0.376 e. The minimum atomic E-state index is -4.51. The zero-order chi connectivity index (χ0) is 20.3. The molecule has 3 rings (SSSR count). The van der Waals surface area contributed by atoms with Crippen molar-refractivity contribution in [1.29, 1.82) is 0 Å². The predicted octanol–water partition coefficient (Wildman–Crippen LogP) is 4.48. The first-order valence-corrected chi connectivity index (χ1v) is 8.33. The number of nitrogens with one attached hydrogen (secondary N) is 1. The van der Waals surface area contributed by atoms with Crippen molar-refractivity contribution in [3.8, 4) is 11.4 Å². The molecule has 0 atom stereocenters. The number of carbonyl (C=O) groups excluding carboxylic acids is 1. The second kappa shape index (κ2) is 7.67. The fourth-order valence-corrected chi connectivity index (χ4v) is 2.58. The molecule has 0 radical (unpaired) electrons. The maximum Gasteiger partial charge on any atom is 0.416 e. The molecule has 0 spiro atoms. The molecule has 1 amide bonds. The summed E-state index contributed by atoms with van der Waals surface area (Å²) < 4.78 is 39.1. The molecule has 28 heavy (non-hydrogen) atoms. The first kappa shape index (κ1) is 19.3. The van der Waals surface area contributed by atoms with E-state index in [2.05, 4.69) is 15.3 Å². The molecule has 1 heterocycles. The van der Waals surface area contributed by atoms with Crippen LogP contribution in [0.4, 0.5) is 24.5 Å². The van der Waals surface area contributed by atoms with E-state index in [-0.39, 0.29) is 11.3 Å². The fraction of sp³-hybridized carbons (Fsp3) is 0.150. The highest BCUT2D eigenvalue weighted by Crippen LogP contribution is 2.35. The van der Waals surface area contributed by atoms with E-state index < -0.39 is 17.6 Å². The number of nitrogens with zero attached hydrogens (tertiary/aromatic N) is 3. The van der Waals surface area contributed by atoms with Crippen molar-refractivity contribution in [2.45, 2.75) is 6.18 Å². The van der Waals surface area contributed by atoms with Crippen LogP contribution in [0.3, 0.4) is 0 Å². The molecule has 2 aromatic carbocycles. The lowest BCUT2D eigenvalue weighted by Crippen LogP contribution is -2.18. The van der Waals surface area contributed by atoms with Crippen LogP contribution >= 0.6 is 0 Å². The number of amides is 1. The van der Waals surface area contributed by atoms with Gasteiger partial charge in [0.05, 0.1) is 22.5 Å². The summed E-state index contributed by atoms with van der Waals surface area (Å²) in [6.07, 6.45) is -1.83. The lowest BCUT2D eigenvalue weighted by molar-refractivity contribution is -0.137. The summed E-state index contributed by atoms with van der Waals surface area (Å²) in [5.74, 6) is -0.146. The van der Waals surface area contributed by atoms with E-state index >= 15 is 0 Å². The van der Waals surface area contributed by atoms with Crippen molar-refractivity contribution in [1.82, 2.24) is 9.97 Å². The second-order valence-corrected chi connectivity index (χ2v) is 6.24. The number of aromatic nitrogens is 2. The molecule has 0 aliphatic rings. The molecule has 0 bridgehead atoms. The van der Waals surface area contributed by atoms with Crippen LogP contribution in [0, 0.1) is 0 Å². The van der Waals surface area contributed by atoms with Crippen LogP contribution in [0.5, 0.6) is 0 Å². The van der Waals surface area contributed by atoms with Gasteiger partial charge in [-0.1, -0.05) is 30.3 Å². The average molecular weight is 386 g/mol. The minimum Gasteiger partial charge on any atom is -0.376 e. The van der Waals surface area contributed by atoms with Crippen LogP contribution in [0.25, 0.3) is 11.4 Å². The van der Waals surface area contributed by atoms with E-state index in [1.165, 1.54) is 18.5 Å². The van der Waals surface area contributed by atoms with Crippen LogP contribution in [-0.2, 0) is 6.18 Å². The minimum absolute atomic E-state index is 0.0527.